The minimum absolute atomic E-state index is 0.00690. The Morgan fingerprint density at radius 1 is 1.29 bits per heavy atom. The molecule has 0 aromatic heterocycles. The zero-order valence-corrected chi connectivity index (χ0v) is 11.9. The molecule has 1 amide bonds. The summed E-state index contributed by atoms with van der Waals surface area (Å²) in [4.78, 5) is 14.0. The van der Waals surface area contributed by atoms with Crippen molar-refractivity contribution in [1.82, 2.24) is 15.5 Å². The third-order valence-electron chi connectivity index (χ3n) is 3.63. The molecular weight excluding hydrogens is 214 g/mol. The van der Waals surface area contributed by atoms with E-state index in [1.54, 1.807) is 0 Å². The Hall–Kier alpha value is -0.610. The van der Waals surface area contributed by atoms with Crippen molar-refractivity contribution in [3.05, 3.63) is 0 Å². The Kier molecular flexibility index (Phi) is 4.55. The van der Waals surface area contributed by atoms with E-state index in [9.17, 15) is 4.79 Å². The second kappa shape index (κ2) is 5.36. The molecule has 0 aromatic carbocycles. The van der Waals surface area contributed by atoms with Crippen molar-refractivity contribution >= 4 is 5.91 Å². The maximum atomic E-state index is 11.7. The van der Waals surface area contributed by atoms with Gasteiger partial charge in [0.05, 0.1) is 6.54 Å². The Balaban J connectivity index is 2.28. The van der Waals surface area contributed by atoms with Crippen molar-refractivity contribution in [2.45, 2.75) is 51.1 Å². The van der Waals surface area contributed by atoms with E-state index in [2.05, 4.69) is 50.4 Å². The maximum Gasteiger partial charge on any atom is 0.234 e. The molecule has 0 unspecified atom stereocenters. The van der Waals surface area contributed by atoms with Crippen molar-refractivity contribution in [3.63, 3.8) is 0 Å². The standard InChI is InChI=1S/C13H27N3O/c1-12(2,3)15-9-11(17)14-10-13(16(4)5)7-6-8-13/h15H,6-10H2,1-5H3,(H,14,17). The van der Waals surface area contributed by atoms with Gasteiger partial charge in [-0.3, -0.25) is 4.79 Å². The van der Waals surface area contributed by atoms with E-state index < -0.39 is 0 Å². The summed E-state index contributed by atoms with van der Waals surface area (Å²) in [6.07, 6.45) is 3.65. The number of nitrogens with zero attached hydrogens (tertiary/aromatic N) is 1. The molecule has 2 N–H and O–H groups in total. The summed E-state index contributed by atoms with van der Waals surface area (Å²) in [5.74, 6) is 0.0908. The topological polar surface area (TPSA) is 44.4 Å². The number of carbonyl (C=O) groups excluding carboxylic acids is 1. The quantitative estimate of drug-likeness (QED) is 0.754. The smallest absolute Gasteiger partial charge is 0.234 e. The molecule has 1 aliphatic rings. The lowest BCUT2D eigenvalue weighted by molar-refractivity contribution is -0.121. The summed E-state index contributed by atoms with van der Waals surface area (Å²) in [5.41, 5.74) is 0.199. The molecule has 1 rings (SSSR count). The fourth-order valence-corrected chi connectivity index (χ4v) is 2.04. The van der Waals surface area contributed by atoms with Crippen molar-refractivity contribution in [3.8, 4) is 0 Å². The van der Waals surface area contributed by atoms with E-state index in [0.29, 0.717) is 6.54 Å². The number of carbonyl (C=O) groups is 1. The Morgan fingerprint density at radius 2 is 1.88 bits per heavy atom. The minimum atomic E-state index is -0.00690. The lowest BCUT2D eigenvalue weighted by atomic mass is 9.75. The molecule has 0 bridgehead atoms. The summed E-state index contributed by atoms with van der Waals surface area (Å²) in [7, 11) is 4.19. The second-order valence-corrected chi connectivity index (χ2v) is 6.35. The van der Waals surface area contributed by atoms with Crippen LogP contribution in [0, 0.1) is 0 Å². The fraction of sp³-hybridized carbons (Fsp3) is 0.923. The van der Waals surface area contributed by atoms with E-state index in [4.69, 9.17) is 0 Å². The summed E-state index contributed by atoms with van der Waals surface area (Å²) in [6, 6.07) is 0. The molecule has 1 saturated carbocycles. The molecule has 4 nitrogen and oxygen atoms in total. The summed E-state index contributed by atoms with van der Waals surface area (Å²) < 4.78 is 0. The van der Waals surface area contributed by atoms with Gasteiger partial charge in [-0.25, -0.2) is 0 Å². The van der Waals surface area contributed by atoms with Gasteiger partial charge < -0.3 is 15.5 Å². The van der Waals surface area contributed by atoms with Gasteiger partial charge in [0.15, 0.2) is 0 Å². The Labute approximate surface area is 105 Å². The van der Waals surface area contributed by atoms with E-state index in [1.807, 2.05) is 0 Å². The van der Waals surface area contributed by atoms with Crippen LogP contribution in [0.3, 0.4) is 0 Å². The molecule has 0 aliphatic heterocycles. The number of amides is 1. The number of hydrogen-bond donors (Lipinski definition) is 2. The van der Waals surface area contributed by atoms with Crippen LogP contribution >= 0.6 is 0 Å². The van der Waals surface area contributed by atoms with Gasteiger partial charge in [-0.05, 0) is 54.1 Å². The summed E-state index contributed by atoms with van der Waals surface area (Å²) >= 11 is 0. The molecule has 4 heteroatoms. The monoisotopic (exact) mass is 241 g/mol. The normalized spacial score (nSPS) is 18.9. The molecule has 0 aromatic rings. The second-order valence-electron chi connectivity index (χ2n) is 6.35. The zero-order chi connectivity index (χ0) is 13.1. The van der Waals surface area contributed by atoms with Crippen LogP contribution < -0.4 is 10.6 Å². The fourth-order valence-electron chi connectivity index (χ4n) is 2.04. The number of hydrogen-bond acceptors (Lipinski definition) is 3. The number of nitrogens with one attached hydrogen (secondary N) is 2. The van der Waals surface area contributed by atoms with Crippen LogP contribution in [-0.4, -0.2) is 49.1 Å². The summed E-state index contributed by atoms with van der Waals surface area (Å²) in [5, 5.41) is 6.23. The van der Waals surface area contributed by atoms with Gasteiger partial charge >= 0.3 is 0 Å². The molecule has 1 fully saturated rings. The molecule has 17 heavy (non-hydrogen) atoms. The highest BCUT2D eigenvalue weighted by Gasteiger charge is 2.39. The molecule has 0 heterocycles. The van der Waals surface area contributed by atoms with Crippen LogP contribution in [0.1, 0.15) is 40.0 Å². The predicted octanol–water partition coefficient (Wildman–Crippen LogP) is 0.975. The van der Waals surface area contributed by atoms with Gasteiger partial charge in [0, 0.05) is 17.6 Å². The molecule has 0 radical (unpaired) electrons. The average molecular weight is 241 g/mol. The van der Waals surface area contributed by atoms with Crippen LogP contribution in [0.4, 0.5) is 0 Å². The number of likely N-dealkylation sites (N-methyl/N-ethyl adjacent to an activating group) is 1. The molecular formula is C13H27N3O. The maximum absolute atomic E-state index is 11.7. The van der Waals surface area contributed by atoms with E-state index in [1.165, 1.54) is 19.3 Å². The molecule has 0 atom stereocenters. The summed E-state index contributed by atoms with van der Waals surface area (Å²) in [6.45, 7) is 7.35. The average Bonchev–Trinajstić information content (AvgIpc) is 2.11. The molecule has 100 valence electrons. The predicted molar refractivity (Wildman–Crippen MR) is 71.0 cm³/mol. The van der Waals surface area contributed by atoms with Gasteiger partial charge in [0.2, 0.25) is 5.91 Å². The van der Waals surface area contributed by atoms with Gasteiger partial charge in [-0.15, -0.1) is 0 Å². The third kappa shape index (κ3) is 4.28. The van der Waals surface area contributed by atoms with Gasteiger partial charge in [-0.1, -0.05) is 0 Å². The first kappa shape index (κ1) is 14.5. The molecule has 1 aliphatic carbocycles. The first-order chi connectivity index (χ1) is 7.75. The van der Waals surface area contributed by atoms with E-state index in [0.717, 1.165) is 6.54 Å². The van der Waals surface area contributed by atoms with Gasteiger partial charge in [0.25, 0.3) is 0 Å². The van der Waals surface area contributed by atoms with E-state index >= 15 is 0 Å². The van der Waals surface area contributed by atoms with Gasteiger partial charge in [0.1, 0.15) is 0 Å². The highest BCUT2D eigenvalue weighted by atomic mass is 16.1. The highest BCUT2D eigenvalue weighted by Crippen LogP contribution is 2.35. The van der Waals surface area contributed by atoms with Crippen LogP contribution in [0.5, 0.6) is 0 Å². The molecule has 0 spiro atoms. The van der Waals surface area contributed by atoms with Crippen LogP contribution in [0.25, 0.3) is 0 Å². The largest absolute Gasteiger partial charge is 0.353 e. The Bertz CT molecular complexity index is 264. The first-order valence-electron chi connectivity index (χ1n) is 6.44. The SMILES string of the molecule is CN(C)C1(CNC(=O)CNC(C)(C)C)CCC1. The zero-order valence-electron chi connectivity index (χ0n) is 11.9. The van der Waals surface area contributed by atoms with Crippen molar-refractivity contribution in [2.24, 2.45) is 0 Å². The van der Waals surface area contributed by atoms with Gasteiger partial charge in [-0.2, -0.15) is 0 Å². The van der Waals surface area contributed by atoms with Crippen LogP contribution in [0.15, 0.2) is 0 Å². The third-order valence-corrected chi connectivity index (χ3v) is 3.63. The number of rotatable bonds is 5. The van der Waals surface area contributed by atoms with Crippen LogP contribution in [-0.2, 0) is 4.79 Å². The Morgan fingerprint density at radius 3 is 2.24 bits per heavy atom. The van der Waals surface area contributed by atoms with Crippen molar-refractivity contribution in [1.29, 1.82) is 0 Å². The van der Waals surface area contributed by atoms with Crippen molar-refractivity contribution < 1.29 is 4.79 Å². The molecule has 0 saturated heterocycles. The van der Waals surface area contributed by atoms with Crippen LogP contribution in [0.2, 0.25) is 0 Å². The lowest BCUT2D eigenvalue weighted by Gasteiger charge is -2.47. The van der Waals surface area contributed by atoms with E-state index in [-0.39, 0.29) is 17.0 Å². The minimum Gasteiger partial charge on any atom is -0.353 e. The lowest BCUT2D eigenvalue weighted by Crippen LogP contribution is -2.58. The highest BCUT2D eigenvalue weighted by molar-refractivity contribution is 5.78. The van der Waals surface area contributed by atoms with Crippen molar-refractivity contribution in [2.75, 3.05) is 27.2 Å². The first-order valence-corrected chi connectivity index (χ1v) is 6.44.